The van der Waals surface area contributed by atoms with Crippen molar-refractivity contribution < 1.29 is 14.2 Å². The highest BCUT2D eigenvalue weighted by molar-refractivity contribution is 5.51. The van der Waals surface area contributed by atoms with Gasteiger partial charge in [-0.25, -0.2) is 0 Å². The Hall–Kier alpha value is -2.74. The molecule has 0 atom stereocenters. The molecule has 20 heavy (non-hydrogen) atoms. The molecule has 0 spiro atoms. The van der Waals surface area contributed by atoms with Crippen LogP contribution in [0.1, 0.15) is 17.0 Å². The van der Waals surface area contributed by atoms with Crippen molar-refractivity contribution in [3.8, 4) is 29.1 Å². The molecule has 0 radical (unpaired) electrons. The Kier molecular flexibility index (Phi) is 2.92. The quantitative estimate of drug-likeness (QED) is 0.837. The molecule has 0 N–H and O–H groups in total. The van der Waals surface area contributed by atoms with E-state index in [0.717, 1.165) is 5.69 Å². The number of nitrogens with zero attached hydrogens (tertiary/aromatic N) is 2. The van der Waals surface area contributed by atoms with Gasteiger partial charge in [-0.1, -0.05) is 0 Å². The third kappa shape index (κ3) is 2.12. The molecule has 100 valence electrons. The molecule has 1 aliphatic rings. The lowest BCUT2D eigenvalue weighted by molar-refractivity contribution is 0.174. The summed E-state index contributed by atoms with van der Waals surface area (Å²) < 4.78 is 16.3. The van der Waals surface area contributed by atoms with Crippen LogP contribution in [0.5, 0.6) is 23.0 Å². The molecule has 1 aromatic carbocycles. The number of fused-ring (bicyclic) bond motifs is 1. The highest BCUT2D eigenvalue weighted by Gasteiger charge is 2.15. The lowest BCUT2D eigenvalue weighted by atomic mass is 10.2. The lowest BCUT2D eigenvalue weighted by Gasteiger charge is -2.10. The highest BCUT2D eigenvalue weighted by atomic mass is 16.7. The van der Waals surface area contributed by atoms with Crippen LogP contribution in [0.4, 0.5) is 0 Å². The minimum atomic E-state index is 0.218. The van der Waals surface area contributed by atoms with Gasteiger partial charge in [0.05, 0.1) is 5.69 Å². The molecule has 1 aromatic heterocycles. The summed E-state index contributed by atoms with van der Waals surface area (Å²) in [5, 5.41) is 9.21. The van der Waals surface area contributed by atoms with Crippen LogP contribution in [0.3, 0.4) is 0 Å². The molecule has 0 unspecified atom stereocenters. The summed E-state index contributed by atoms with van der Waals surface area (Å²) in [5.74, 6) is 2.43. The van der Waals surface area contributed by atoms with Crippen LogP contribution < -0.4 is 14.2 Å². The summed E-state index contributed by atoms with van der Waals surface area (Å²) in [6, 6.07) is 9.17. The second kappa shape index (κ2) is 4.74. The Labute approximate surface area is 116 Å². The SMILES string of the molecule is Cc1cc(Oc2ccc3c(c2)OCO3)c(C#N)c(C)n1. The molecule has 5 heteroatoms. The summed E-state index contributed by atoms with van der Waals surface area (Å²) >= 11 is 0. The first-order valence-electron chi connectivity index (χ1n) is 6.13. The zero-order chi connectivity index (χ0) is 14.1. The topological polar surface area (TPSA) is 64.4 Å². The summed E-state index contributed by atoms with van der Waals surface area (Å²) in [7, 11) is 0. The third-order valence-corrected chi connectivity index (χ3v) is 2.98. The van der Waals surface area contributed by atoms with Gasteiger partial charge < -0.3 is 14.2 Å². The van der Waals surface area contributed by atoms with Gasteiger partial charge in [-0.15, -0.1) is 0 Å². The maximum absolute atomic E-state index is 9.21. The fourth-order valence-corrected chi connectivity index (χ4v) is 2.08. The van der Waals surface area contributed by atoms with E-state index < -0.39 is 0 Å². The number of pyridine rings is 1. The Balaban J connectivity index is 1.97. The fraction of sp³-hybridized carbons (Fsp3) is 0.200. The van der Waals surface area contributed by atoms with Crippen molar-refractivity contribution in [3.05, 3.63) is 41.2 Å². The first kappa shape index (κ1) is 12.3. The van der Waals surface area contributed by atoms with Gasteiger partial charge in [-0.05, 0) is 26.0 Å². The smallest absolute Gasteiger partial charge is 0.231 e. The first-order valence-corrected chi connectivity index (χ1v) is 6.13. The second-order valence-electron chi connectivity index (χ2n) is 4.45. The Morgan fingerprint density at radius 1 is 1.20 bits per heavy atom. The van der Waals surface area contributed by atoms with Gasteiger partial charge in [-0.3, -0.25) is 4.98 Å². The Morgan fingerprint density at radius 3 is 2.80 bits per heavy atom. The number of aromatic nitrogens is 1. The van der Waals surface area contributed by atoms with Crippen LogP contribution in [0.2, 0.25) is 0 Å². The minimum Gasteiger partial charge on any atom is -0.456 e. The number of aryl methyl sites for hydroxylation is 2. The summed E-state index contributed by atoms with van der Waals surface area (Å²) in [6.07, 6.45) is 0. The molecule has 0 saturated heterocycles. The van der Waals surface area contributed by atoms with E-state index >= 15 is 0 Å². The van der Waals surface area contributed by atoms with Gasteiger partial charge in [0.1, 0.15) is 23.1 Å². The molecular weight excluding hydrogens is 256 g/mol. The highest BCUT2D eigenvalue weighted by Crippen LogP contribution is 2.37. The van der Waals surface area contributed by atoms with Crippen molar-refractivity contribution in [3.63, 3.8) is 0 Å². The molecule has 0 saturated carbocycles. The van der Waals surface area contributed by atoms with Crippen LogP contribution in [-0.4, -0.2) is 11.8 Å². The number of nitriles is 1. The lowest BCUT2D eigenvalue weighted by Crippen LogP contribution is -1.96. The molecule has 2 heterocycles. The van der Waals surface area contributed by atoms with Crippen molar-refractivity contribution in [2.24, 2.45) is 0 Å². The number of benzene rings is 1. The summed E-state index contributed by atoms with van der Waals surface area (Å²) in [4.78, 5) is 4.26. The van der Waals surface area contributed by atoms with Gasteiger partial charge in [-0.2, -0.15) is 5.26 Å². The van der Waals surface area contributed by atoms with Gasteiger partial charge in [0.15, 0.2) is 11.5 Å². The largest absolute Gasteiger partial charge is 0.456 e. The van der Waals surface area contributed by atoms with E-state index in [9.17, 15) is 5.26 Å². The molecule has 1 aliphatic heterocycles. The average Bonchev–Trinajstić information content (AvgIpc) is 2.85. The fourth-order valence-electron chi connectivity index (χ4n) is 2.08. The van der Waals surface area contributed by atoms with E-state index in [1.807, 2.05) is 6.92 Å². The van der Waals surface area contributed by atoms with Crippen molar-refractivity contribution in [2.45, 2.75) is 13.8 Å². The molecule has 2 aromatic rings. The van der Waals surface area contributed by atoms with Crippen LogP contribution in [-0.2, 0) is 0 Å². The van der Waals surface area contributed by atoms with E-state index in [0.29, 0.717) is 34.3 Å². The first-order chi connectivity index (χ1) is 9.67. The van der Waals surface area contributed by atoms with Crippen LogP contribution >= 0.6 is 0 Å². The molecule has 0 fully saturated rings. The van der Waals surface area contributed by atoms with Gasteiger partial charge in [0, 0.05) is 17.8 Å². The van der Waals surface area contributed by atoms with Gasteiger partial charge >= 0.3 is 0 Å². The maximum Gasteiger partial charge on any atom is 0.231 e. The van der Waals surface area contributed by atoms with Crippen molar-refractivity contribution >= 4 is 0 Å². The minimum absolute atomic E-state index is 0.218. The van der Waals surface area contributed by atoms with E-state index in [1.165, 1.54) is 0 Å². The van der Waals surface area contributed by atoms with Crippen LogP contribution in [0.25, 0.3) is 0 Å². The standard InChI is InChI=1S/C15H12N2O3/c1-9-5-14(12(7-16)10(2)17-9)20-11-3-4-13-15(6-11)19-8-18-13/h3-6H,8H2,1-2H3. The monoisotopic (exact) mass is 268 g/mol. The van der Waals surface area contributed by atoms with Crippen molar-refractivity contribution in [2.75, 3.05) is 6.79 Å². The number of hydrogen-bond acceptors (Lipinski definition) is 5. The van der Waals surface area contributed by atoms with E-state index in [1.54, 1.807) is 31.2 Å². The molecule has 5 nitrogen and oxygen atoms in total. The molecule has 3 rings (SSSR count). The van der Waals surface area contributed by atoms with Crippen LogP contribution in [0, 0.1) is 25.2 Å². The maximum atomic E-state index is 9.21. The third-order valence-electron chi connectivity index (χ3n) is 2.98. The van der Waals surface area contributed by atoms with Gasteiger partial charge in [0.2, 0.25) is 6.79 Å². The Morgan fingerprint density at radius 2 is 2.00 bits per heavy atom. The molecule has 0 amide bonds. The van der Waals surface area contributed by atoms with Crippen LogP contribution in [0.15, 0.2) is 24.3 Å². The van der Waals surface area contributed by atoms with Gasteiger partial charge in [0.25, 0.3) is 0 Å². The second-order valence-corrected chi connectivity index (χ2v) is 4.45. The summed E-state index contributed by atoms with van der Waals surface area (Å²) in [5.41, 5.74) is 1.90. The predicted octanol–water partition coefficient (Wildman–Crippen LogP) is 3.09. The predicted molar refractivity (Wildman–Crippen MR) is 71.1 cm³/mol. The summed E-state index contributed by atoms with van der Waals surface area (Å²) in [6.45, 7) is 3.87. The average molecular weight is 268 g/mol. The molecule has 0 aliphatic carbocycles. The molecule has 0 bridgehead atoms. The zero-order valence-corrected chi connectivity index (χ0v) is 11.1. The number of rotatable bonds is 2. The van der Waals surface area contributed by atoms with Crippen molar-refractivity contribution in [1.82, 2.24) is 4.98 Å². The molecular formula is C15H12N2O3. The van der Waals surface area contributed by atoms with E-state index in [-0.39, 0.29) is 6.79 Å². The zero-order valence-electron chi connectivity index (χ0n) is 11.1. The number of hydrogen-bond donors (Lipinski definition) is 0. The number of ether oxygens (including phenoxy) is 3. The normalized spacial score (nSPS) is 12.1. The van der Waals surface area contributed by atoms with E-state index in [2.05, 4.69) is 11.1 Å². The Bertz CT molecular complexity index is 720. The van der Waals surface area contributed by atoms with Crippen molar-refractivity contribution in [1.29, 1.82) is 5.26 Å². The van der Waals surface area contributed by atoms with E-state index in [4.69, 9.17) is 14.2 Å².